The fourth-order valence-corrected chi connectivity index (χ4v) is 5.35. The molecule has 0 aromatic heterocycles. The van der Waals surface area contributed by atoms with E-state index in [9.17, 15) is 8.42 Å². The minimum atomic E-state index is -3.04. The van der Waals surface area contributed by atoms with Crippen molar-refractivity contribution in [3.63, 3.8) is 0 Å². The average molecular weight is 295 g/mol. The second-order valence-corrected chi connectivity index (χ2v) is 8.30. The average Bonchev–Trinajstić information content (AvgIpc) is 2.46. The van der Waals surface area contributed by atoms with Gasteiger partial charge in [-0.15, -0.1) is 0 Å². The van der Waals surface area contributed by atoms with E-state index in [1.54, 1.807) is 0 Å². The summed E-state index contributed by atoms with van der Waals surface area (Å²) in [6.07, 6.45) is 3.87. The summed E-state index contributed by atoms with van der Waals surface area (Å²) in [6.45, 7) is 2.16. The predicted molar refractivity (Wildman–Crippen MR) is 83.4 cm³/mol. The molecule has 1 N–H and O–H groups in total. The van der Waals surface area contributed by atoms with E-state index >= 15 is 0 Å². The summed E-state index contributed by atoms with van der Waals surface area (Å²) in [5.41, 5.74) is 1.04. The summed E-state index contributed by atoms with van der Waals surface area (Å²) in [6, 6.07) is 9.72. The topological polar surface area (TPSA) is 46.2 Å². The standard InChI is InChI=1S/C16H25NO2S/c1-13-7-6-10-15(11-13)20(18,19)12-16(17-2)14-8-4-3-5-9-14/h3-5,8-9,13,15-17H,6-7,10-12H2,1-2H3. The van der Waals surface area contributed by atoms with Gasteiger partial charge >= 0.3 is 0 Å². The summed E-state index contributed by atoms with van der Waals surface area (Å²) in [5.74, 6) is 0.735. The van der Waals surface area contributed by atoms with Crippen LogP contribution in [0.1, 0.15) is 44.2 Å². The molecule has 1 saturated carbocycles. The molecule has 0 aliphatic heterocycles. The highest BCUT2D eigenvalue weighted by Gasteiger charge is 2.32. The van der Waals surface area contributed by atoms with Gasteiger partial charge < -0.3 is 5.32 Å². The molecule has 1 aromatic rings. The lowest BCUT2D eigenvalue weighted by Crippen LogP contribution is -2.34. The van der Waals surface area contributed by atoms with Gasteiger partial charge in [-0.05, 0) is 31.4 Å². The van der Waals surface area contributed by atoms with Crippen molar-refractivity contribution in [2.75, 3.05) is 12.8 Å². The molecule has 4 heteroatoms. The molecule has 3 nitrogen and oxygen atoms in total. The number of hydrogen-bond donors (Lipinski definition) is 1. The second kappa shape index (κ2) is 6.72. The molecule has 3 atom stereocenters. The zero-order valence-corrected chi connectivity index (χ0v) is 13.2. The zero-order chi connectivity index (χ0) is 14.6. The van der Waals surface area contributed by atoms with Crippen molar-refractivity contribution in [2.24, 2.45) is 5.92 Å². The molecule has 1 aliphatic carbocycles. The smallest absolute Gasteiger partial charge is 0.155 e. The number of hydrogen-bond acceptors (Lipinski definition) is 3. The summed E-state index contributed by atoms with van der Waals surface area (Å²) >= 11 is 0. The zero-order valence-electron chi connectivity index (χ0n) is 12.4. The summed E-state index contributed by atoms with van der Waals surface area (Å²) in [4.78, 5) is 0. The second-order valence-electron chi connectivity index (χ2n) is 5.98. The Balaban J connectivity index is 2.10. The van der Waals surface area contributed by atoms with Crippen LogP contribution in [0.2, 0.25) is 0 Å². The van der Waals surface area contributed by atoms with Gasteiger partial charge in [0.05, 0.1) is 11.0 Å². The van der Waals surface area contributed by atoms with Gasteiger partial charge in [0.25, 0.3) is 0 Å². The fourth-order valence-electron chi connectivity index (χ4n) is 3.10. The van der Waals surface area contributed by atoms with Crippen LogP contribution in [0.15, 0.2) is 30.3 Å². The van der Waals surface area contributed by atoms with Crippen LogP contribution >= 0.6 is 0 Å². The molecular weight excluding hydrogens is 270 g/mol. The van der Waals surface area contributed by atoms with E-state index in [1.807, 2.05) is 37.4 Å². The lowest BCUT2D eigenvalue weighted by molar-refractivity contribution is 0.381. The highest BCUT2D eigenvalue weighted by atomic mass is 32.2. The first-order chi connectivity index (χ1) is 9.53. The molecule has 20 heavy (non-hydrogen) atoms. The lowest BCUT2D eigenvalue weighted by atomic mass is 9.91. The first-order valence-corrected chi connectivity index (χ1v) is 9.18. The maximum absolute atomic E-state index is 12.6. The molecular formula is C16H25NO2S. The largest absolute Gasteiger partial charge is 0.312 e. The molecule has 1 aromatic carbocycles. The van der Waals surface area contributed by atoms with Crippen molar-refractivity contribution in [1.82, 2.24) is 5.32 Å². The first-order valence-electron chi connectivity index (χ1n) is 7.46. The third kappa shape index (κ3) is 3.83. The number of rotatable bonds is 5. The molecule has 0 amide bonds. The Kier molecular flexibility index (Phi) is 5.22. The Morgan fingerprint density at radius 3 is 2.55 bits per heavy atom. The minimum Gasteiger partial charge on any atom is -0.312 e. The van der Waals surface area contributed by atoms with Crippen LogP contribution in [-0.4, -0.2) is 26.5 Å². The molecule has 0 saturated heterocycles. The maximum atomic E-state index is 12.6. The van der Waals surface area contributed by atoms with Gasteiger partial charge in [-0.2, -0.15) is 0 Å². The molecule has 112 valence electrons. The maximum Gasteiger partial charge on any atom is 0.155 e. The highest BCUT2D eigenvalue weighted by molar-refractivity contribution is 7.92. The highest BCUT2D eigenvalue weighted by Crippen LogP contribution is 2.30. The Morgan fingerprint density at radius 1 is 1.25 bits per heavy atom. The van der Waals surface area contributed by atoms with Crippen LogP contribution < -0.4 is 5.32 Å². The lowest BCUT2D eigenvalue weighted by Gasteiger charge is -2.28. The van der Waals surface area contributed by atoms with Gasteiger partial charge in [0.2, 0.25) is 0 Å². The molecule has 0 heterocycles. The van der Waals surface area contributed by atoms with Crippen molar-refractivity contribution in [2.45, 2.75) is 43.9 Å². The third-order valence-corrected chi connectivity index (χ3v) is 6.59. The summed E-state index contributed by atoms with van der Waals surface area (Å²) in [5, 5.41) is 3.00. The van der Waals surface area contributed by atoms with Crippen molar-refractivity contribution >= 4 is 9.84 Å². The fraction of sp³-hybridized carbons (Fsp3) is 0.625. The molecule has 1 aliphatic rings. The molecule has 2 rings (SSSR count). The summed E-state index contributed by atoms with van der Waals surface area (Å²) in [7, 11) is -1.21. The van der Waals surface area contributed by atoms with E-state index < -0.39 is 9.84 Å². The van der Waals surface area contributed by atoms with Gasteiger partial charge in [-0.25, -0.2) is 8.42 Å². The van der Waals surface area contributed by atoms with Crippen LogP contribution in [0, 0.1) is 5.92 Å². The van der Waals surface area contributed by atoms with E-state index in [-0.39, 0.29) is 17.0 Å². The number of nitrogens with one attached hydrogen (secondary N) is 1. The Hall–Kier alpha value is -0.870. The van der Waals surface area contributed by atoms with Crippen molar-refractivity contribution < 1.29 is 8.42 Å². The Morgan fingerprint density at radius 2 is 1.95 bits per heavy atom. The SMILES string of the molecule is CNC(CS(=O)(=O)C1CCCC(C)C1)c1ccccc1. The van der Waals surface area contributed by atoms with E-state index in [4.69, 9.17) is 0 Å². The first kappa shape index (κ1) is 15.5. The van der Waals surface area contributed by atoms with Crippen LogP contribution in [0.3, 0.4) is 0 Å². The molecule has 0 radical (unpaired) electrons. The molecule has 3 unspecified atom stereocenters. The van der Waals surface area contributed by atoms with E-state index in [1.165, 1.54) is 6.42 Å². The monoisotopic (exact) mass is 295 g/mol. The van der Waals surface area contributed by atoms with Gasteiger partial charge in [-0.3, -0.25) is 0 Å². The minimum absolute atomic E-state index is 0.113. The summed E-state index contributed by atoms with van der Waals surface area (Å²) < 4.78 is 25.3. The van der Waals surface area contributed by atoms with Gasteiger partial charge in [0.15, 0.2) is 9.84 Å². The van der Waals surface area contributed by atoms with Crippen molar-refractivity contribution in [3.8, 4) is 0 Å². The van der Waals surface area contributed by atoms with E-state index in [0.717, 1.165) is 24.8 Å². The van der Waals surface area contributed by atoms with Crippen LogP contribution in [0.5, 0.6) is 0 Å². The van der Waals surface area contributed by atoms with E-state index in [2.05, 4.69) is 12.2 Å². The third-order valence-electron chi connectivity index (χ3n) is 4.35. The number of benzene rings is 1. The van der Waals surface area contributed by atoms with Crippen molar-refractivity contribution in [3.05, 3.63) is 35.9 Å². The number of sulfone groups is 1. The van der Waals surface area contributed by atoms with Crippen LogP contribution in [0.25, 0.3) is 0 Å². The van der Waals surface area contributed by atoms with Crippen LogP contribution in [-0.2, 0) is 9.84 Å². The van der Waals surface area contributed by atoms with Gasteiger partial charge in [0, 0.05) is 6.04 Å². The Bertz CT molecular complexity index is 513. The van der Waals surface area contributed by atoms with Gasteiger partial charge in [-0.1, -0.05) is 50.1 Å². The molecule has 0 spiro atoms. The molecule has 0 bridgehead atoms. The quantitative estimate of drug-likeness (QED) is 0.908. The van der Waals surface area contributed by atoms with Gasteiger partial charge in [0.1, 0.15) is 0 Å². The normalized spacial score (nSPS) is 25.3. The van der Waals surface area contributed by atoms with Crippen molar-refractivity contribution in [1.29, 1.82) is 0 Å². The van der Waals surface area contributed by atoms with E-state index in [0.29, 0.717) is 5.92 Å². The predicted octanol–water partition coefficient (Wildman–Crippen LogP) is 2.94. The molecule has 1 fully saturated rings. The Labute approximate surface area is 122 Å². The van der Waals surface area contributed by atoms with Crippen LogP contribution in [0.4, 0.5) is 0 Å².